The average Bonchev–Trinajstić information content (AvgIpc) is 1.93. The first-order valence-electron chi connectivity index (χ1n) is 5.44. The summed E-state index contributed by atoms with van der Waals surface area (Å²) in [7, 11) is 0. The lowest BCUT2D eigenvalue weighted by Crippen LogP contribution is -2.26. The molecule has 0 aromatic heterocycles. The minimum atomic E-state index is 0.484. The summed E-state index contributed by atoms with van der Waals surface area (Å²) >= 11 is 0. The smallest absolute Gasteiger partial charge is 0.00415 e. The van der Waals surface area contributed by atoms with Crippen LogP contribution >= 0.6 is 0 Å². The van der Waals surface area contributed by atoms with Gasteiger partial charge in [0.05, 0.1) is 0 Å². The molecule has 0 radical (unpaired) electrons. The number of nitrogens with two attached hydrogens (primary N) is 1. The molecule has 1 saturated carbocycles. The molecule has 0 bridgehead atoms. The second-order valence-corrected chi connectivity index (χ2v) is 4.76. The van der Waals surface area contributed by atoms with Crippen LogP contribution in [-0.2, 0) is 0 Å². The van der Waals surface area contributed by atoms with Gasteiger partial charge >= 0.3 is 0 Å². The van der Waals surface area contributed by atoms with Crippen molar-refractivity contribution in [2.24, 2.45) is 17.6 Å². The number of hydrogen-bond acceptors (Lipinski definition) is 1. The van der Waals surface area contributed by atoms with Gasteiger partial charge in [0.1, 0.15) is 0 Å². The van der Waals surface area contributed by atoms with Gasteiger partial charge in [0.25, 0.3) is 0 Å². The Balaban J connectivity index is 1.98. The third-order valence-corrected chi connectivity index (χ3v) is 2.98. The summed E-state index contributed by atoms with van der Waals surface area (Å²) < 4.78 is 0. The third-order valence-electron chi connectivity index (χ3n) is 2.98. The Hall–Kier alpha value is -0.0400. The molecule has 1 fully saturated rings. The zero-order valence-corrected chi connectivity index (χ0v) is 8.55. The van der Waals surface area contributed by atoms with Crippen molar-refractivity contribution in [3.05, 3.63) is 0 Å². The number of hydrogen-bond donors (Lipinski definition) is 1. The van der Waals surface area contributed by atoms with Crippen LogP contribution in [0.15, 0.2) is 0 Å². The lowest BCUT2D eigenvalue weighted by molar-refractivity contribution is 0.268. The molecule has 2 N–H and O–H groups in total. The van der Waals surface area contributed by atoms with Gasteiger partial charge in [-0.1, -0.05) is 33.1 Å². The normalized spacial score (nSPS) is 21.0. The van der Waals surface area contributed by atoms with E-state index in [1.807, 2.05) is 0 Å². The van der Waals surface area contributed by atoms with Gasteiger partial charge in [0.2, 0.25) is 0 Å². The molecule has 0 heterocycles. The van der Waals surface area contributed by atoms with Crippen LogP contribution in [-0.4, -0.2) is 6.04 Å². The summed E-state index contributed by atoms with van der Waals surface area (Å²) in [6.07, 6.45) is 8.14. The Bertz CT molecular complexity index is 116. The van der Waals surface area contributed by atoms with Crippen LogP contribution in [0.3, 0.4) is 0 Å². The van der Waals surface area contributed by atoms with Crippen molar-refractivity contribution >= 4 is 0 Å². The predicted octanol–water partition coefficient (Wildman–Crippen LogP) is 2.94. The van der Waals surface area contributed by atoms with Crippen LogP contribution < -0.4 is 5.73 Å². The highest BCUT2D eigenvalue weighted by Gasteiger charge is 2.19. The van der Waals surface area contributed by atoms with Gasteiger partial charge in [-0.3, -0.25) is 0 Å². The molecule has 0 aromatic carbocycles. The number of rotatable bonds is 5. The van der Waals surface area contributed by atoms with Crippen LogP contribution in [0.1, 0.15) is 52.4 Å². The summed E-state index contributed by atoms with van der Waals surface area (Å²) in [5.41, 5.74) is 6.03. The van der Waals surface area contributed by atoms with Crippen molar-refractivity contribution in [3.63, 3.8) is 0 Å². The van der Waals surface area contributed by atoms with Crippen LogP contribution in [0, 0.1) is 11.8 Å². The maximum absolute atomic E-state index is 6.03. The molecule has 1 atom stereocenters. The second-order valence-electron chi connectivity index (χ2n) is 4.76. The molecule has 0 aliphatic heterocycles. The second kappa shape index (κ2) is 4.86. The Morgan fingerprint density at radius 2 is 1.92 bits per heavy atom. The molecule has 1 unspecified atom stereocenters. The Labute approximate surface area is 76.7 Å². The lowest BCUT2D eigenvalue weighted by Gasteiger charge is -2.28. The van der Waals surface area contributed by atoms with Gasteiger partial charge in [-0.2, -0.15) is 0 Å². The quantitative estimate of drug-likeness (QED) is 0.673. The minimum absolute atomic E-state index is 0.484. The highest BCUT2D eigenvalue weighted by molar-refractivity contribution is 4.75. The topological polar surface area (TPSA) is 26.0 Å². The van der Waals surface area contributed by atoms with E-state index in [1.54, 1.807) is 0 Å². The molecule has 0 spiro atoms. The molecule has 0 saturated heterocycles. The van der Waals surface area contributed by atoms with E-state index in [1.165, 1.54) is 38.5 Å². The average molecular weight is 169 g/mol. The molecule has 1 heteroatoms. The van der Waals surface area contributed by atoms with Crippen molar-refractivity contribution in [1.29, 1.82) is 0 Å². The van der Waals surface area contributed by atoms with Crippen molar-refractivity contribution in [3.8, 4) is 0 Å². The van der Waals surface area contributed by atoms with Crippen molar-refractivity contribution < 1.29 is 0 Å². The summed E-state index contributed by atoms with van der Waals surface area (Å²) in [5.74, 6) is 1.80. The monoisotopic (exact) mass is 169 g/mol. The Morgan fingerprint density at radius 1 is 1.25 bits per heavy atom. The first-order valence-corrected chi connectivity index (χ1v) is 5.44. The first-order chi connectivity index (χ1) is 5.68. The summed E-state index contributed by atoms with van der Waals surface area (Å²) in [5, 5.41) is 0. The van der Waals surface area contributed by atoms with Gasteiger partial charge in [-0.05, 0) is 31.1 Å². The molecular weight excluding hydrogens is 146 g/mol. The molecular formula is C11H23N. The molecule has 0 aromatic rings. The lowest BCUT2D eigenvalue weighted by atomic mass is 9.80. The highest BCUT2D eigenvalue weighted by atomic mass is 14.6. The predicted molar refractivity (Wildman–Crippen MR) is 54.0 cm³/mol. The van der Waals surface area contributed by atoms with E-state index in [4.69, 9.17) is 5.73 Å². The van der Waals surface area contributed by atoms with Crippen LogP contribution in [0.25, 0.3) is 0 Å². The van der Waals surface area contributed by atoms with Gasteiger partial charge < -0.3 is 5.73 Å². The van der Waals surface area contributed by atoms with Crippen molar-refractivity contribution in [2.45, 2.75) is 58.4 Å². The molecule has 0 amide bonds. The van der Waals surface area contributed by atoms with Gasteiger partial charge in [0.15, 0.2) is 0 Å². The summed E-state index contributed by atoms with van der Waals surface area (Å²) in [4.78, 5) is 0. The van der Waals surface area contributed by atoms with E-state index in [9.17, 15) is 0 Å². The molecule has 1 rings (SSSR count). The van der Waals surface area contributed by atoms with Crippen molar-refractivity contribution in [2.75, 3.05) is 0 Å². The summed E-state index contributed by atoms with van der Waals surface area (Å²) in [6.45, 7) is 4.55. The SMILES string of the molecule is CC(C)CCC(N)CC1CCC1. The fourth-order valence-corrected chi connectivity index (χ4v) is 1.82. The van der Waals surface area contributed by atoms with E-state index in [0.717, 1.165) is 11.8 Å². The fourth-order valence-electron chi connectivity index (χ4n) is 1.82. The van der Waals surface area contributed by atoms with Crippen LogP contribution in [0.5, 0.6) is 0 Å². The van der Waals surface area contributed by atoms with E-state index < -0.39 is 0 Å². The molecule has 72 valence electrons. The first kappa shape index (κ1) is 10.0. The zero-order valence-electron chi connectivity index (χ0n) is 8.55. The third kappa shape index (κ3) is 3.57. The minimum Gasteiger partial charge on any atom is -0.328 e. The van der Waals surface area contributed by atoms with Gasteiger partial charge in [-0.15, -0.1) is 0 Å². The maximum Gasteiger partial charge on any atom is 0.00415 e. The van der Waals surface area contributed by atoms with Crippen LogP contribution in [0.4, 0.5) is 0 Å². The zero-order chi connectivity index (χ0) is 8.97. The molecule has 1 nitrogen and oxygen atoms in total. The van der Waals surface area contributed by atoms with E-state index in [2.05, 4.69) is 13.8 Å². The van der Waals surface area contributed by atoms with Crippen molar-refractivity contribution in [1.82, 2.24) is 0 Å². The van der Waals surface area contributed by atoms with Crippen LogP contribution in [0.2, 0.25) is 0 Å². The highest BCUT2D eigenvalue weighted by Crippen LogP contribution is 2.30. The Kier molecular flexibility index (Phi) is 4.07. The van der Waals surface area contributed by atoms with Gasteiger partial charge in [0, 0.05) is 6.04 Å². The maximum atomic E-state index is 6.03. The Morgan fingerprint density at radius 3 is 2.33 bits per heavy atom. The van der Waals surface area contributed by atoms with E-state index >= 15 is 0 Å². The molecule has 12 heavy (non-hydrogen) atoms. The van der Waals surface area contributed by atoms with Gasteiger partial charge in [-0.25, -0.2) is 0 Å². The largest absolute Gasteiger partial charge is 0.328 e. The van der Waals surface area contributed by atoms with E-state index in [0.29, 0.717) is 6.04 Å². The summed E-state index contributed by atoms with van der Waals surface area (Å²) in [6, 6.07) is 0.484. The van der Waals surface area contributed by atoms with E-state index in [-0.39, 0.29) is 0 Å². The standard InChI is InChI=1S/C11H23N/c1-9(2)6-7-11(12)8-10-4-3-5-10/h9-11H,3-8,12H2,1-2H3. The molecule has 1 aliphatic carbocycles. The fraction of sp³-hybridized carbons (Fsp3) is 1.00. The molecule has 1 aliphatic rings.